The summed E-state index contributed by atoms with van der Waals surface area (Å²) in [7, 11) is -24.9. The number of nitrogens with one attached hydrogen (secondary N) is 6. The van der Waals surface area contributed by atoms with Gasteiger partial charge in [0.1, 0.15) is 25.3 Å². The Morgan fingerprint density at radius 1 is 0.422 bits per heavy atom. The van der Waals surface area contributed by atoms with Crippen molar-refractivity contribution in [3.05, 3.63) is 165 Å². The van der Waals surface area contributed by atoms with Crippen LogP contribution in [0.4, 0.5) is 57.9 Å². The lowest BCUT2D eigenvalue weighted by molar-refractivity contribution is 0.105. The first-order valence-electron chi connectivity index (χ1n) is 24.8. The highest BCUT2D eigenvalue weighted by Gasteiger charge is 2.36. The molecule has 458 valence electrons. The second-order valence-corrected chi connectivity index (χ2v) is 26.5. The van der Waals surface area contributed by atoms with Gasteiger partial charge in [0.25, 0.3) is 50.6 Å². The number of rotatable bonds is 17. The number of allylic oxidation sites excluding steroid dienone is 2. The average molecular weight is 1360 g/mol. The average Bonchev–Trinajstić information content (AvgIpc) is 1.06. The minimum Gasteiger partial charge on any atom is -0.324 e. The second-order valence-electron chi connectivity index (χ2n) is 18.8. The number of anilines is 10. The van der Waals surface area contributed by atoms with Crippen LogP contribution in [-0.4, -0.2) is 118 Å². The van der Waals surface area contributed by atoms with Crippen molar-refractivity contribution in [2.45, 2.75) is 19.6 Å². The predicted molar refractivity (Wildman–Crippen MR) is 329 cm³/mol. The van der Waals surface area contributed by atoms with Gasteiger partial charge in [-0.25, -0.2) is 0 Å². The number of hydrogen-bond donors (Lipinski definition) is 11. The minimum atomic E-state index is -5.27. The number of halogens is 2. The van der Waals surface area contributed by atoms with Crippen LogP contribution in [0, 0.1) is 0 Å². The smallest absolute Gasteiger partial charge is 0.297 e. The molecular formula is C52H34Cl2N14O17S5. The van der Waals surface area contributed by atoms with Crippen molar-refractivity contribution in [2.75, 3.05) is 32.1 Å². The molecule has 0 bridgehead atoms. The van der Waals surface area contributed by atoms with Gasteiger partial charge in [-0.2, -0.15) is 82.2 Å². The van der Waals surface area contributed by atoms with Crippen molar-refractivity contribution >= 4 is 188 Å². The lowest BCUT2D eigenvalue weighted by atomic mass is 9.93. The summed E-state index contributed by atoms with van der Waals surface area (Å²) >= 11 is 12.6. The molecule has 0 fully saturated rings. The summed E-state index contributed by atoms with van der Waals surface area (Å²) in [6.07, 6.45) is 3.55. The van der Waals surface area contributed by atoms with E-state index in [4.69, 9.17) is 23.2 Å². The van der Waals surface area contributed by atoms with Crippen LogP contribution >= 0.6 is 23.2 Å². The van der Waals surface area contributed by atoms with Crippen LogP contribution in [-0.2, 0) is 50.6 Å². The first-order chi connectivity index (χ1) is 42.3. The van der Waals surface area contributed by atoms with E-state index in [1.54, 1.807) is 30.3 Å². The number of ketones is 2. The third-order valence-electron chi connectivity index (χ3n) is 13.0. The Balaban J connectivity index is 0.807. The van der Waals surface area contributed by atoms with Gasteiger partial charge in [-0.1, -0.05) is 54.6 Å². The summed E-state index contributed by atoms with van der Waals surface area (Å²) in [4.78, 5) is 49.7. The quantitative estimate of drug-likeness (QED) is 0.0302. The summed E-state index contributed by atoms with van der Waals surface area (Å²) in [5, 5.41) is 18.6. The Hall–Kier alpha value is -9.83. The molecule has 0 aliphatic heterocycles. The number of carbonyl (C=O) groups excluding carboxylic acids is 2. The Bertz CT molecular complexity index is 5380. The summed E-state index contributed by atoms with van der Waals surface area (Å²) in [5.74, 6) is -2.80. The molecule has 0 atom stereocenters. The zero-order chi connectivity index (χ0) is 64.4. The molecule has 2 aliphatic carbocycles. The number of aromatic nitrogens is 6. The van der Waals surface area contributed by atoms with Gasteiger partial charge in [-0.3, -0.25) is 43.2 Å². The molecule has 0 spiro atoms. The van der Waals surface area contributed by atoms with Crippen molar-refractivity contribution < 1.29 is 74.4 Å². The maximum atomic E-state index is 14.3. The lowest BCUT2D eigenvalue weighted by Crippen LogP contribution is -2.28. The zero-order valence-corrected chi connectivity index (χ0v) is 49.9. The highest BCUT2D eigenvalue weighted by molar-refractivity contribution is 7.91. The number of Topliss-reactive ketones (excluding diaryl/α,β-unsaturated/α-hetero) is 2. The fraction of sp³-hybridized carbons (Fsp3) is 0. The summed E-state index contributed by atoms with van der Waals surface area (Å²) in [5.41, 5.74) is 3.51. The van der Waals surface area contributed by atoms with Gasteiger partial charge >= 0.3 is 0 Å². The van der Waals surface area contributed by atoms with Gasteiger partial charge in [0.05, 0.1) is 38.8 Å². The summed E-state index contributed by atoms with van der Waals surface area (Å²) < 4.78 is 174. The first-order valence-corrected chi connectivity index (χ1v) is 32.8. The maximum Gasteiger partial charge on any atom is 0.297 e. The normalized spacial score (nSPS) is 14.5. The fourth-order valence-corrected chi connectivity index (χ4v) is 13.1. The standard InChI is InChI=1S/C52H34Cl2N14O17S5/c53-47-59-49(63-51(61-47)57-34-7-1-5-25-22-40(89(80,81)82)43(45(70)41(25)34)68-67-36-19-17-32-33(46(36)90(83,84)85)6-3-9-39(32)88(77,78)79)55-27-11-13-28(14-12-27)56-50-60-48(54)62-52(64-50)58-37-23-30(86(71,72)73)21-26-10-18-35(44(69)42(26)37)66-65-29-15-16-31-24(20-29)4-2-8-38(31)87(74,75)76/h1-23,65,67H,(H,71,72,73)(H,74,75,76)(H,77,78,79)(H,80,81,82)(H,83,84,85)(H2,55,57,59,61,63)(H2,56,58,60,62,64)/b66-35-,68-43-. The second kappa shape index (κ2) is 23.3. The van der Waals surface area contributed by atoms with Crippen LogP contribution in [0.2, 0.25) is 10.6 Å². The number of fused-ring (bicyclic) bond motifs is 4. The van der Waals surface area contributed by atoms with E-state index < -0.39 is 98.5 Å². The number of benzene rings is 7. The molecule has 31 nitrogen and oxygen atoms in total. The molecule has 0 unspecified atom stereocenters. The Kier molecular flexibility index (Phi) is 16.0. The van der Waals surface area contributed by atoms with Gasteiger partial charge in [0.15, 0.2) is 5.71 Å². The maximum absolute atomic E-state index is 14.3. The molecular weight excluding hydrogens is 1320 g/mol. The van der Waals surface area contributed by atoms with Gasteiger partial charge in [-0.05, 0) is 125 Å². The van der Waals surface area contributed by atoms with E-state index in [0.29, 0.717) is 22.4 Å². The Morgan fingerprint density at radius 3 is 1.56 bits per heavy atom. The largest absolute Gasteiger partial charge is 0.324 e. The summed E-state index contributed by atoms with van der Waals surface area (Å²) in [6, 6.07) is 26.0. The van der Waals surface area contributed by atoms with E-state index in [9.17, 15) is 74.4 Å². The van der Waals surface area contributed by atoms with E-state index in [-0.39, 0.29) is 89.4 Å². The number of carbonyl (C=O) groups is 2. The van der Waals surface area contributed by atoms with E-state index >= 15 is 0 Å². The van der Waals surface area contributed by atoms with Crippen LogP contribution < -0.4 is 32.1 Å². The molecule has 2 heterocycles. The third-order valence-corrected chi connectivity index (χ3v) is 17.8. The number of hydrazone groups is 2. The molecule has 9 aromatic rings. The van der Waals surface area contributed by atoms with Crippen molar-refractivity contribution in [3.8, 4) is 0 Å². The molecule has 2 aromatic heterocycles. The number of nitrogens with zero attached hydrogens (tertiary/aromatic N) is 8. The molecule has 11 N–H and O–H groups in total. The van der Waals surface area contributed by atoms with E-state index in [1.165, 1.54) is 60.7 Å². The Labute approximate surface area is 516 Å². The molecule has 7 aromatic carbocycles. The predicted octanol–water partition coefficient (Wildman–Crippen LogP) is 8.20. The van der Waals surface area contributed by atoms with E-state index in [2.05, 4.69) is 72.2 Å². The Morgan fingerprint density at radius 2 is 0.967 bits per heavy atom. The van der Waals surface area contributed by atoms with Crippen LogP contribution in [0.5, 0.6) is 0 Å². The van der Waals surface area contributed by atoms with Crippen LogP contribution in [0.3, 0.4) is 0 Å². The minimum absolute atomic E-state index is 0.0477. The molecule has 90 heavy (non-hydrogen) atoms. The van der Waals surface area contributed by atoms with Crippen LogP contribution in [0.15, 0.2) is 162 Å². The molecule has 11 rings (SSSR count). The van der Waals surface area contributed by atoms with Crippen LogP contribution in [0.1, 0.15) is 31.8 Å². The van der Waals surface area contributed by atoms with Gasteiger partial charge in [0.2, 0.25) is 45.9 Å². The molecule has 0 saturated carbocycles. The van der Waals surface area contributed by atoms with Crippen LogP contribution in [0.25, 0.3) is 33.7 Å². The van der Waals surface area contributed by atoms with Crippen molar-refractivity contribution in [1.29, 1.82) is 0 Å². The highest BCUT2D eigenvalue weighted by Crippen LogP contribution is 2.38. The molecule has 2 aliphatic rings. The SMILES string of the molecule is O=C1/C(=N\Nc2ccc3c(S(=O)(=O)O)cccc3c2)C=Cc2cc(S(=O)(=O)O)cc(Nc3nc(Cl)nc(Nc4ccc(Nc5nc(Cl)nc(Nc6cccc7c6C(=O)/C(=N\Nc6ccc8c(S(=O)(=O)O)cccc8c6S(=O)(=O)O)C(S(=O)(=O)O)=C7)n5)cc4)n3)c21. The third kappa shape index (κ3) is 13.0. The highest BCUT2D eigenvalue weighted by atomic mass is 35.5. The van der Waals surface area contributed by atoms with E-state index in [0.717, 1.165) is 48.5 Å². The topological polar surface area (TPSA) is 480 Å². The number of hydrogen-bond acceptors (Lipinski definition) is 26. The molecule has 0 radical (unpaired) electrons. The van der Waals surface area contributed by atoms with Crippen molar-refractivity contribution in [2.24, 2.45) is 10.2 Å². The summed E-state index contributed by atoms with van der Waals surface area (Å²) in [6.45, 7) is 0. The van der Waals surface area contributed by atoms with Crippen molar-refractivity contribution in [1.82, 2.24) is 29.9 Å². The van der Waals surface area contributed by atoms with E-state index in [1.807, 2.05) is 0 Å². The fourth-order valence-electron chi connectivity index (χ4n) is 9.26. The van der Waals surface area contributed by atoms with Gasteiger partial charge < -0.3 is 21.3 Å². The monoisotopic (exact) mass is 1360 g/mol. The lowest BCUT2D eigenvalue weighted by Gasteiger charge is -2.20. The van der Waals surface area contributed by atoms with Gasteiger partial charge in [0, 0.05) is 27.5 Å². The molecule has 38 heteroatoms. The first kappa shape index (κ1) is 61.8. The van der Waals surface area contributed by atoms with Gasteiger partial charge in [-0.15, -0.1) is 0 Å². The zero-order valence-electron chi connectivity index (χ0n) is 44.3. The molecule has 0 amide bonds. The van der Waals surface area contributed by atoms with Crippen molar-refractivity contribution in [3.63, 3.8) is 0 Å². The molecule has 0 saturated heterocycles.